The first-order chi connectivity index (χ1) is 6.00. The molecule has 9 heavy (non-hydrogen) atoms. The molecule has 0 amide bonds. The molecular formula is C7H7ClO. The van der Waals surface area contributed by atoms with Crippen LogP contribution in [0.15, 0.2) is 24.2 Å². The van der Waals surface area contributed by atoms with Gasteiger partial charge < -0.3 is 5.11 Å². The van der Waals surface area contributed by atoms with E-state index in [2.05, 4.69) is 0 Å². The number of rotatable bonds is 1. The van der Waals surface area contributed by atoms with E-state index in [4.69, 9.17) is 22.2 Å². The molecule has 0 saturated heterocycles. The quantitative estimate of drug-likeness (QED) is 0.641. The monoisotopic (exact) mass is 146 g/mol. The van der Waals surface area contributed by atoms with E-state index in [1.165, 1.54) is 0 Å². The first-order valence-corrected chi connectivity index (χ1v) is 2.74. The Kier molecular flexibility index (Phi) is 0.963. The Bertz CT molecular complexity index is 324. The molecule has 0 spiro atoms. The largest absolute Gasteiger partial charge is 0.392 e. The number of halogens is 1. The van der Waals surface area contributed by atoms with Crippen molar-refractivity contribution >= 4 is 11.6 Å². The Hall–Kier alpha value is -0.530. The summed E-state index contributed by atoms with van der Waals surface area (Å²) in [6.07, 6.45) is 0. The highest BCUT2D eigenvalue weighted by Gasteiger charge is 1.92. The molecule has 0 unspecified atom stereocenters. The number of hydrogen-bond acceptors (Lipinski definition) is 1. The van der Waals surface area contributed by atoms with Crippen molar-refractivity contribution in [2.75, 3.05) is 0 Å². The number of aliphatic hydroxyl groups is 1. The Morgan fingerprint density at radius 2 is 2.22 bits per heavy atom. The summed E-state index contributed by atoms with van der Waals surface area (Å²) in [5, 5.41) is 8.69. The lowest BCUT2D eigenvalue weighted by Crippen LogP contribution is -1.81. The van der Waals surface area contributed by atoms with Crippen LogP contribution in [-0.4, -0.2) is 5.11 Å². The molecule has 1 aromatic carbocycles. The third kappa shape index (κ3) is 1.44. The minimum atomic E-state index is -0.490. The van der Waals surface area contributed by atoms with Crippen LogP contribution in [-0.2, 0) is 6.61 Å². The van der Waals surface area contributed by atoms with Crippen molar-refractivity contribution in [1.29, 1.82) is 0 Å². The van der Waals surface area contributed by atoms with E-state index in [9.17, 15) is 0 Å². The first-order valence-electron chi connectivity index (χ1n) is 4.36. The van der Waals surface area contributed by atoms with Gasteiger partial charge in [-0.05, 0) is 11.6 Å². The number of benzene rings is 1. The van der Waals surface area contributed by atoms with Crippen molar-refractivity contribution in [3.05, 3.63) is 34.8 Å². The summed E-state index contributed by atoms with van der Waals surface area (Å²) in [7, 11) is 0. The maximum atomic E-state index is 8.81. The lowest BCUT2D eigenvalue weighted by molar-refractivity contribution is 0.282. The summed E-state index contributed by atoms with van der Waals surface area (Å²) < 4.78 is 29.1. The molecule has 0 aliphatic heterocycles. The SMILES string of the molecule is [2H]c1c([2H])c([2H])c(CO)c(Cl)c1[2H]. The van der Waals surface area contributed by atoms with Gasteiger partial charge in [0.2, 0.25) is 0 Å². The molecule has 1 N–H and O–H groups in total. The summed E-state index contributed by atoms with van der Waals surface area (Å²) in [4.78, 5) is 0. The Morgan fingerprint density at radius 1 is 1.56 bits per heavy atom. The molecule has 0 aromatic heterocycles. The highest BCUT2D eigenvalue weighted by Crippen LogP contribution is 2.13. The van der Waals surface area contributed by atoms with Crippen LogP contribution >= 0.6 is 11.6 Å². The predicted octanol–water partition coefficient (Wildman–Crippen LogP) is 1.83. The van der Waals surface area contributed by atoms with Crippen LogP contribution in [0.25, 0.3) is 0 Å². The minimum Gasteiger partial charge on any atom is -0.392 e. The summed E-state index contributed by atoms with van der Waals surface area (Å²) in [6.45, 7) is -0.490. The Labute approximate surface area is 64.5 Å². The fraction of sp³-hybridized carbons (Fsp3) is 0.143. The van der Waals surface area contributed by atoms with Gasteiger partial charge in [0.05, 0.1) is 12.1 Å². The average molecular weight is 147 g/mol. The molecule has 48 valence electrons. The molecule has 1 aromatic rings. The smallest absolute Gasteiger partial charge is 0.0696 e. The molecule has 0 heterocycles. The van der Waals surface area contributed by atoms with Gasteiger partial charge in [-0.3, -0.25) is 0 Å². The fourth-order valence-corrected chi connectivity index (χ4v) is 0.586. The fourth-order valence-electron chi connectivity index (χ4n) is 0.432. The van der Waals surface area contributed by atoms with E-state index in [0.717, 1.165) is 0 Å². The molecule has 0 aliphatic carbocycles. The molecule has 0 bridgehead atoms. The molecule has 0 aliphatic rings. The van der Waals surface area contributed by atoms with Crippen molar-refractivity contribution in [3.63, 3.8) is 0 Å². The van der Waals surface area contributed by atoms with Gasteiger partial charge in [0, 0.05) is 5.02 Å². The third-order valence-corrected chi connectivity index (χ3v) is 1.19. The summed E-state index contributed by atoms with van der Waals surface area (Å²) in [5.74, 6) is 0. The van der Waals surface area contributed by atoms with Crippen molar-refractivity contribution < 1.29 is 10.6 Å². The average Bonchev–Trinajstić information content (AvgIpc) is 2.13. The van der Waals surface area contributed by atoms with Gasteiger partial charge in [0.1, 0.15) is 0 Å². The van der Waals surface area contributed by atoms with E-state index < -0.39 is 6.61 Å². The second kappa shape index (κ2) is 2.85. The summed E-state index contributed by atoms with van der Waals surface area (Å²) in [6, 6.07) is -1.36. The van der Waals surface area contributed by atoms with E-state index in [-0.39, 0.29) is 34.8 Å². The zero-order chi connectivity index (χ0) is 10.2. The van der Waals surface area contributed by atoms with Crippen molar-refractivity contribution in [2.24, 2.45) is 0 Å². The highest BCUT2D eigenvalue weighted by atomic mass is 35.5. The van der Waals surface area contributed by atoms with Crippen LogP contribution in [0.5, 0.6) is 0 Å². The summed E-state index contributed by atoms with van der Waals surface area (Å²) in [5.41, 5.74) is 0.0349. The number of aliphatic hydroxyl groups excluding tert-OH is 1. The zero-order valence-corrected chi connectivity index (χ0v) is 5.29. The van der Waals surface area contributed by atoms with E-state index >= 15 is 0 Å². The van der Waals surface area contributed by atoms with Gasteiger partial charge in [0.25, 0.3) is 0 Å². The predicted molar refractivity (Wildman–Crippen MR) is 37.4 cm³/mol. The van der Waals surface area contributed by atoms with Gasteiger partial charge in [-0.25, -0.2) is 0 Å². The van der Waals surface area contributed by atoms with Crippen LogP contribution in [0, 0.1) is 0 Å². The molecule has 1 rings (SSSR count). The molecule has 2 heteroatoms. The lowest BCUT2D eigenvalue weighted by atomic mass is 10.2. The molecule has 1 nitrogen and oxygen atoms in total. The minimum absolute atomic E-state index is 0.0349. The van der Waals surface area contributed by atoms with E-state index in [1.807, 2.05) is 0 Å². The Morgan fingerprint density at radius 3 is 2.89 bits per heavy atom. The summed E-state index contributed by atoms with van der Waals surface area (Å²) >= 11 is 5.61. The van der Waals surface area contributed by atoms with Crippen LogP contribution < -0.4 is 0 Å². The highest BCUT2D eigenvalue weighted by molar-refractivity contribution is 6.31. The third-order valence-electron chi connectivity index (χ3n) is 0.871. The maximum absolute atomic E-state index is 8.81. The molecule has 0 saturated carbocycles. The van der Waals surface area contributed by atoms with Gasteiger partial charge in [-0.15, -0.1) is 0 Å². The standard InChI is InChI=1S/C7H7ClO/c8-7-4-2-1-3-6(7)5-9/h1-4,9H,5H2/i1D,2D,3D,4D. The van der Waals surface area contributed by atoms with Crippen LogP contribution in [0.1, 0.15) is 11.0 Å². The first kappa shape index (κ1) is 3.04. The molecule has 0 fully saturated rings. The van der Waals surface area contributed by atoms with Gasteiger partial charge in [-0.2, -0.15) is 0 Å². The van der Waals surface area contributed by atoms with E-state index in [0.29, 0.717) is 0 Å². The van der Waals surface area contributed by atoms with Crippen molar-refractivity contribution in [2.45, 2.75) is 6.61 Å². The van der Waals surface area contributed by atoms with E-state index in [1.54, 1.807) is 0 Å². The van der Waals surface area contributed by atoms with Gasteiger partial charge in [-0.1, -0.05) is 29.7 Å². The molecule has 0 radical (unpaired) electrons. The maximum Gasteiger partial charge on any atom is 0.0696 e. The van der Waals surface area contributed by atoms with Crippen LogP contribution in [0.4, 0.5) is 0 Å². The topological polar surface area (TPSA) is 20.2 Å². The second-order valence-electron chi connectivity index (χ2n) is 1.45. The normalized spacial score (nSPS) is 15.8. The van der Waals surface area contributed by atoms with Crippen molar-refractivity contribution in [1.82, 2.24) is 0 Å². The second-order valence-corrected chi connectivity index (χ2v) is 1.83. The lowest BCUT2D eigenvalue weighted by Gasteiger charge is -1.95. The van der Waals surface area contributed by atoms with Crippen LogP contribution in [0.2, 0.25) is 5.02 Å². The van der Waals surface area contributed by atoms with Gasteiger partial charge >= 0.3 is 0 Å². The van der Waals surface area contributed by atoms with Gasteiger partial charge in [0.15, 0.2) is 0 Å². The zero-order valence-electron chi connectivity index (χ0n) is 8.53. The van der Waals surface area contributed by atoms with Crippen LogP contribution in [0.3, 0.4) is 0 Å². The number of hydrogen-bond donors (Lipinski definition) is 1. The van der Waals surface area contributed by atoms with Crippen molar-refractivity contribution in [3.8, 4) is 0 Å². The Balaban J connectivity index is 3.56. The molecule has 0 atom stereocenters. The molecular weight excluding hydrogens is 136 g/mol.